The standard InChI is InChI=1S/C12H14ClFN2O2/c1-7(8-2-3-8)6-15-11-5-10(14)9(13)4-12(11)16(17)18/h4-5,7-8,15H,2-3,6H2,1H3. The van der Waals surface area contributed by atoms with E-state index in [1.54, 1.807) is 0 Å². The first-order chi connectivity index (χ1) is 8.49. The smallest absolute Gasteiger partial charge is 0.294 e. The molecule has 98 valence electrons. The Kier molecular flexibility index (Phi) is 3.71. The normalized spacial score (nSPS) is 16.4. The van der Waals surface area contributed by atoms with Gasteiger partial charge < -0.3 is 5.32 Å². The van der Waals surface area contributed by atoms with Crippen LogP contribution in [0.5, 0.6) is 0 Å². The van der Waals surface area contributed by atoms with E-state index in [1.807, 2.05) is 0 Å². The molecule has 1 aromatic carbocycles. The number of nitrogens with zero attached hydrogens (tertiary/aromatic N) is 1. The molecule has 1 aliphatic carbocycles. The average molecular weight is 273 g/mol. The predicted molar refractivity (Wildman–Crippen MR) is 68.4 cm³/mol. The lowest BCUT2D eigenvalue weighted by Crippen LogP contribution is -2.14. The van der Waals surface area contributed by atoms with E-state index in [0.29, 0.717) is 18.4 Å². The first-order valence-corrected chi connectivity index (χ1v) is 6.24. The molecule has 6 heteroatoms. The van der Waals surface area contributed by atoms with Crippen LogP contribution in [0.4, 0.5) is 15.8 Å². The first kappa shape index (κ1) is 13.1. The average Bonchev–Trinajstić information content (AvgIpc) is 3.13. The van der Waals surface area contributed by atoms with E-state index in [4.69, 9.17) is 11.6 Å². The molecular weight excluding hydrogens is 259 g/mol. The number of halogens is 2. The fraction of sp³-hybridized carbons (Fsp3) is 0.500. The van der Waals surface area contributed by atoms with Crippen LogP contribution in [0.25, 0.3) is 0 Å². The van der Waals surface area contributed by atoms with Crippen LogP contribution in [0.15, 0.2) is 12.1 Å². The van der Waals surface area contributed by atoms with Gasteiger partial charge in [0.05, 0.1) is 9.95 Å². The Hall–Kier alpha value is -1.36. The van der Waals surface area contributed by atoms with Crippen molar-refractivity contribution >= 4 is 23.0 Å². The number of anilines is 1. The van der Waals surface area contributed by atoms with Gasteiger partial charge in [-0.25, -0.2) is 4.39 Å². The van der Waals surface area contributed by atoms with Crippen LogP contribution in [0.1, 0.15) is 19.8 Å². The minimum absolute atomic E-state index is 0.189. The Morgan fingerprint density at radius 3 is 2.83 bits per heavy atom. The Morgan fingerprint density at radius 1 is 1.61 bits per heavy atom. The maximum atomic E-state index is 13.3. The molecule has 1 atom stereocenters. The van der Waals surface area contributed by atoms with Crippen LogP contribution >= 0.6 is 11.6 Å². The van der Waals surface area contributed by atoms with Gasteiger partial charge in [-0.15, -0.1) is 0 Å². The summed E-state index contributed by atoms with van der Waals surface area (Å²) >= 11 is 5.55. The maximum Gasteiger partial charge on any atom is 0.294 e. The summed E-state index contributed by atoms with van der Waals surface area (Å²) in [4.78, 5) is 10.3. The highest BCUT2D eigenvalue weighted by Gasteiger charge is 2.28. The first-order valence-electron chi connectivity index (χ1n) is 5.86. The third-order valence-electron chi connectivity index (χ3n) is 3.28. The Morgan fingerprint density at radius 2 is 2.28 bits per heavy atom. The van der Waals surface area contributed by atoms with Crippen LogP contribution in [0.3, 0.4) is 0 Å². The van der Waals surface area contributed by atoms with Crippen molar-refractivity contribution < 1.29 is 9.31 Å². The van der Waals surface area contributed by atoms with Crippen molar-refractivity contribution in [2.45, 2.75) is 19.8 Å². The van der Waals surface area contributed by atoms with Crippen LogP contribution in [-0.2, 0) is 0 Å². The molecule has 0 aliphatic heterocycles. The molecule has 1 aromatic rings. The van der Waals surface area contributed by atoms with Gasteiger partial charge in [0.25, 0.3) is 5.69 Å². The number of nitro benzene ring substituents is 1. The van der Waals surface area contributed by atoms with E-state index in [0.717, 1.165) is 12.1 Å². The molecule has 0 heterocycles. The molecule has 0 spiro atoms. The highest BCUT2D eigenvalue weighted by atomic mass is 35.5. The molecular formula is C12H14ClFN2O2. The molecule has 1 fully saturated rings. The van der Waals surface area contributed by atoms with Crippen molar-refractivity contribution in [3.63, 3.8) is 0 Å². The van der Waals surface area contributed by atoms with Gasteiger partial charge in [0.2, 0.25) is 0 Å². The van der Waals surface area contributed by atoms with E-state index in [-0.39, 0.29) is 16.4 Å². The molecule has 1 unspecified atom stereocenters. The topological polar surface area (TPSA) is 55.2 Å². The third-order valence-corrected chi connectivity index (χ3v) is 3.57. The van der Waals surface area contributed by atoms with Crippen molar-refractivity contribution in [1.29, 1.82) is 0 Å². The fourth-order valence-corrected chi connectivity index (χ4v) is 2.09. The van der Waals surface area contributed by atoms with Gasteiger partial charge in [-0.1, -0.05) is 18.5 Å². The van der Waals surface area contributed by atoms with Gasteiger partial charge in [-0.3, -0.25) is 10.1 Å². The summed E-state index contributed by atoms with van der Waals surface area (Å²) in [5, 5.41) is 13.6. The van der Waals surface area contributed by atoms with Gasteiger partial charge >= 0.3 is 0 Å². The lowest BCUT2D eigenvalue weighted by Gasteiger charge is -2.13. The zero-order valence-electron chi connectivity index (χ0n) is 9.95. The highest BCUT2D eigenvalue weighted by molar-refractivity contribution is 6.31. The van der Waals surface area contributed by atoms with Crippen LogP contribution in [0.2, 0.25) is 5.02 Å². The monoisotopic (exact) mass is 272 g/mol. The van der Waals surface area contributed by atoms with E-state index in [1.165, 1.54) is 12.8 Å². The summed E-state index contributed by atoms with van der Waals surface area (Å²) in [7, 11) is 0. The third kappa shape index (κ3) is 2.90. The molecule has 1 saturated carbocycles. The second-order valence-corrected chi connectivity index (χ2v) is 5.14. The van der Waals surface area contributed by atoms with Crippen LogP contribution < -0.4 is 5.32 Å². The minimum atomic E-state index is -0.649. The molecule has 0 amide bonds. The number of benzene rings is 1. The molecule has 2 rings (SSSR count). The fourth-order valence-electron chi connectivity index (χ4n) is 1.93. The molecule has 0 saturated heterocycles. The van der Waals surface area contributed by atoms with E-state index < -0.39 is 10.7 Å². The molecule has 0 bridgehead atoms. The summed E-state index contributed by atoms with van der Waals surface area (Å²) in [5.41, 5.74) is -0.00111. The van der Waals surface area contributed by atoms with E-state index >= 15 is 0 Å². The zero-order valence-corrected chi connectivity index (χ0v) is 10.7. The number of hydrogen-bond donors (Lipinski definition) is 1. The quantitative estimate of drug-likeness (QED) is 0.654. The Balaban J connectivity index is 2.14. The summed E-state index contributed by atoms with van der Waals surface area (Å²) in [6, 6.07) is 2.13. The Bertz CT molecular complexity index is 477. The van der Waals surface area contributed by atoms with Crippen LogP contribution in [0, 0.1) is 27.8 Å². The van der Waals surface area contributed by atoms with Crippen molar-refractivity contribution in [2.24, 2.45) is 11.8 Å². The maximum absolute atomic E-state index is 13.3. The van der Waals surface area contributed by atoms with Gasteiger partial charge in [0.15, 0.2) is 0 Å². The number of hydrogen-bond acceptors (Lipinski definition) is 3. The second-order valence-electron chi connectivity index (χ2n) is 4.74. The molecule has 1 aliphatic rings. The van der Waals surface area contributed by atoms with E-state index in [9.17, 15) is 14.5 Å². The van der Waals surface area contributed by atoms with Crippen molar-refractivity contribution in [1.82, 2.24) is 0 Å². The molecule has 0 radical (unpaired) electrons. The van der Waals surface area contributed by atoms with Gasteiger partial charge in [0.1, 0.15) is 11.5 Å². The number of rotatable bonds is 5. The largest absolute Gasteiger partial charge is 0.379 e. The summed E-state index contributed by atoms with van der Waals surface area (Å²) in [6.07, 6.45) is 2.42. The lowest BCUT2D eigenvalue weighted by molar-refractivity contribution is -0.384. The molecule has 18 heavy (non-hydrogen) atoms. The minimum Gasteiger partial charge on any atom is -0.379 e. The second kappa shape index (κ2) is 5.10. The summed E-state index contributed by atoms with van der Waals surface area (Å²) in [6.45, 7) is 2.69. The van der Waals surface area contributed by atoms with Gasteiger partial charge in [0, 0.05) is 18.7 Å². The Labute approximate surface area is 109 Å². The molecule has 1 N–H and O–H groups in total. The molecule has 4 nitrogen and oxygen atoms in total. The van der Waals surface area contributed by atoms with Crippen LogP contribution in [-0.4, -0.2) is 11.5 Å². The van der Waals surface area contributed by atoms with E-state index in [2.05, 4.69) is 12.2 Å². The number of nitro groups is 1. The summed E-state index contributed by atoms with van der Waals surface area (Å²) < 4.78 is 13.3. The SMILES string of the molecule is CC(CNc1cc(F)c(Cl)cc1[N+](=O)[O-])C1CC1. The van der Waals surface area contributed by atoms with Crippen molar-refractivity contribution in [2.75, 3.05) is 11.9 Å². The van der Waals surface area contributed by atoms with Crippen molar-refractivity contribution in [3.8, 4) is 0 Å². The highest BCUT2D eigenvalue weighted by Crippen LogP contribution is 2.37. The lowest BCUT2D eigenvalue weighted by atomic mass is 10.1. The molecule has 0 aromatic heterocycles. The number of nitrogens with one attached hydrogen (secondary N) is 1. The van der Waals surface area contributed by atoms with Gasteiger partial charge in [-0.2, -0.15) is 0 Å². The van der Waals surface area contributed by atoms with Crippen molar-refractivity contribution in [3.05, 3.63) is 33.1 Å². The summed E-state index contributed by atoms with van der Waals surface area (Å²) in [5.74, 6) is 0.473. The van der Waals surface area contributed by atoms with Gasteiger partial charge in [-0.05, 0) is 24.7 Å². The predicted octanol–water partition coefficient (Wildman–Crippen LogP) is 3.85. The zero-order chi connectivity index (χ0) is 13.3.